The largest absolute Gasteiger partial charge is 0.391 e. The van der Waals surface area contributed by atoms with E-state index < -0.39 is 0 Å². The topological polar surface area (TPSA) is 43.8 Å². The van der Waals surface area contributed by atoms with Crippen molar-refractivity contribution in [3.63, 3.8) is 0 Å². The van der Waals surface area contributed by atoms with Crippen LogP contribution < -0.4 is 0 Å². The Morgan fingerprint density at radius 3 is 2.27 bits per heavy atom. The van der Waals surface area contributed by atoms with Gasteiger partial charge in [-0.3, -0.25) is 0 Å². The molecule has 0 unspecified atom stereocenters. The Balaban J connectivity index is 1.85. The van der Waals surface area contributed by atoms with Crippen molar-refractivity contribution in [2.75, 3.05) is 26.2 Å². The molecular weight excluding hydrogens is 192 g/mol. The maximum absolute atomic E-state index is 12.0. The zero-order valence-corrected chi connectivity index (χ0v) is 9.35. The van der Waals surface area contributed by atoms with Gasteiger partial charge in [0.15, 0.2) is 0 Å². The Hall–Kier alpha value is -0.770. The average molecular weight is 212 g/mol. The quantitative estimate of drug-likeness (QED) is 0.648. The number of aliphatic hydroxyl groups is 1. The normalized spacial score (nSPS) is 28.5. The summed E-state index contributed by atoms with van der Waals surface area (Å²) in [6.07, 6.45) is 2.65. The van der Waals surface area contributed by atoms with Crippen molar-refractivity contribution in [3.05, 3.63) is 0 Å². The molecule has 86 valence electrons. The number of hydrogen-bond acceptors (Lipinski definition) is 2. The van der Waals surface area contributed by atoms with E-state index in [-0.39, 0.29) is 12.1 Å². The van der Waals surface area contributed by atoms with Gasteiger partial charge in [-0.15, -0.1) is 0 Å². The summed E-state index contributed by atoms with van der Waals surface area (Å²) < 4.78 is 0. The first-order chi connectivity index (χ1) is 7.16. The number of carbonyl (C=O) groups excluding carboxylic acids is 1. The van der Waals surface area contributed by atoms with Crippen LogP contribution in [-0.2, 0) is 0 Å². The van der Waals surface area contributed by atoms with Crippen LogP contribution >= 0.6 is 0 Å². The van der Waals surface area contributed by atoms with Crippen molar-refractivity contribution < 1.29 is 9.90 Å². The Morgan fingerprint density at radius 2 is 1.73 bits per heavy atom. The summed E-state index contributed by atoms with van der Waals surface area (Å²) in [5.41, 5.74) is 0. The molecule has 4 nitrogen and oxygen atoms in total. The monoisotopic (exact) mass is 212 g/mol. The minimum Gasteiger partial charge on any atom is -0.391 e. The van der Waals surface area contributed by atoms with Crippen LogP contribution in [-0.4, -0.2) is 53.2 Å². The highest BCUT2D eigenvalue weighted by atomic mass is 16.3. The fourth-order valence-corrected chi connectivity index (χ4v) is 2.32. The second kappa shape index (κ2) is 4.39. The fourth-order valence-electron chi connectivity index (χ4n) is 2.32. The van der Waals surface area contributed by atoms with Gasteiger partial charge in [-0.25, -0.2) is 4.79 Å². The standard InChI is InChI=1S/C11H20N2O2/c1-9-2-5-12(6-3-9)11(15)13-7-4-10(14)8-13/h9-10,14H,2-8H2,1H3/t10-/m1/s1. The maximum atomic E-state index is 12.0. The SMILES string of the molecule is CC1CCN(C(=O)N2CC[C@@H](O)C2)CC1. The predicted octanol–water partition coefficient (Wildman–Crippen LogP) is 0.905. The van der Waals surface area contributed by atoms with Crippen molar-refractivity contribution in [1.29, 1.82) is 0 Å². The summed E-state index contributed by atoms with van der Waals surface area (Å²) in [6.45, 7) is 5.23. The molecule has 0 radical (unpaired) electrons. The number of rotatable bonds is 0. The number of hydrogen-bond donors (Lipinski definition) is 1. The van der Waals surface area contributed by atoms with Crippen LogP contribution in [0.1, 0.15) is 26.2 Å². The van der Waals surface area contributed by atoms with Gasteiger partial charge in [0.25, 0.3) is 0 Å². The van der Waals surface area contributed by atoms with Crippen LogP contribution in [0, 0.1) is 5.92 Å². The Labute approximate surface area is 90.9 Å². The van der Waals surface area contributed by atoms with E-state index in [0.717, 1.165) is 38.3 Å². The number of carbonyl (C=O) groups is 1. The second-order valence-corrected chi connectivity index (χ2v) is 4.84. The molecule has 0 spiro atoms. The van der Waals surface area contributed by atoms with E-state index in [1.54, 1.807) is 4.90 Å². The first kappa shape index (κ1) is 10.7. The van der Waals surface area contributed by atoms with Gasteiger partial charge in [0, 0.05) is 26.2 Å². The van der Waals surface area contributed by atoms with Crippen LogP contribution in [0.3, 0.4) is 0 Å². The molecule has 0 aromatic carbocycles. The lowest BCUT2D eigenvalue weighted by Gasteiger charge is -2.33. The summed E-state index contributed by atoms with van der Waals surface area (Å²) in [5.74, 6) is 0.748. The molecule has 2 amide bonds. The van der Waals surface area contributed by atoms with Gasteiger partial charge < -0.3 is 14.9 Å². The summed E-state index contributed by atoms with van der Waals surface area (Å²) in [7, 11) is 0. The first-order valence-corrected chi connectivity index (χ1v) is 5.88. The number of aliphatic hydroxyl groups excluding tert-OH is 1. The van der Waals surface area contributed by atoms with Crippen LogP contribution in [0.15, 0.2) is 0 Å². The van der Waals surface area contributed by atoms with E-state index in [9.17, 15) is 9.90 Å². The molecule has 2 rings (SSSR count). The fraction of sp³-hybridized carbons (Fsp3) is 0.909. The first-order valence-electron chi connectivity index (χ1n) is 5.88. The molecule has 2 aliphatic rings. The third kappa shape index (κ3) is 2.43. The summed E-state index contributed by atoms with van der Waals surface area (Å²) >= 11 is 0. The highest BCUT2D eigenvalue weighted by Crippen LogP contribution is 2.19. The van der Waals surface area contributed by atoms with Crippen molar-refractivity contribution >= 4 is 6.03 Å². The number of likely N-dealkylation sites (tertiary alicyclic amines) is 2. The smallest absolute Gasteiger partial charge is 0.320 e. The minimum atomic E-state index is -0.308. The number of nitrogens with zero attached hydrogens (tertiary/aromatic N) is 2. The van der Waals surface area contributed by atoms with Crippen molar-refractivity contribution in [2.24, 2.45) is 5.92 Å². The van der Waals surface area contributed by atoms with Crippen molar-refractivity contribution in [1.82, 2.24) is 9.80 Å². The van der Waals surface area contributed by atoms with Crippen molar-refractivity contribution in [3.8, 4) is 0 Å². The number of β-amino-alcohol motifs (C(OH)–C–C–N with tert-alkyl or cyclic N) is 1. The lowest BCUT2D eigenvalue weighted by molar-refractivity contribution is 0.132. The van der Waals surface area contributed by atoms with E-state index in [1.807, 2.05) is 4.90 Å². The Morgan fingerprint density at radius 1 is 1.13 bits per heavy atom. The lowest BCUT2D eigenvalue weighted by Crippen LogP contribution is -2.45. The minimum absolute atomic E-state index is 0.124. The van der Waals surface area contributed by atoms with Gasteiger partial charge in [0.05, 0.1) is 6.10 Å². The molecule has 0 aliphatic carbocycles. The third-order valence-electron chi connectivity index (χ3n) is 3.49. The van der Waals surface area contributed by atoms with Gasteiger partial charge in [-0.1, -0.05) is 6.92 Å². The maximum Gasteiger partial charge on any atom is 0.320 e. The van der Waals surface area contributed by atoms with E-state index in [4.69, 9.17) is 0 Å². The van der Waals surface area contributed by atoms with Crippen LogP contribution in [0.5, 0.6) is 0 Å². The number of amides is 2. The van der Waals surface area contributed by atoms with E-state index in [2.05, 4.69) is 6.92 Å². The summed E-state index contributed by atoms with van der Waals surface area (Å²) in [5, 5.41) is 9.38. The number of urea groups is 1. The zero-order valence-electron chi connectivity index (χ0n) is 9.35. The average Bonchev–Trinajstić information content (AvgIpc) is 2.65. The Kier molecular flexibility index (Phi) is 3.14. The molecule has 0 saturated carbocycles. The van der Waals surface area contributed by atoms with Gasteiger partial charge >= 0.3 is 6.03 Å². The molecule has 2 heterocycles. The van der Waals surface area contributed by atoms with Crippen LogP contribution in [0.25, 0.3) is 0 Å². The molecule has 4 heteroatoms. The Bertz CT molecular complexity index is 237. The van der Waals surface area contributed by atoms with E-state index in [1.165, 1.54) is 0 Å². The molecule has 1 N–H and O–H groups in total. The van der Waals surface area contributed by atoms with E-state index >= 15 is 0 Å². The molecule has 0 aromatic rings. The predicted molar refractivity (Wildman–Crippen MR) is 57.6 cm³/mol. The molecule has 0 bridgehead atoms. The molecule has 15 heavy (non-hydrogen) atoms. The highest BCUT2D eigenvalue weighted by molar-refractivity contribution is 5.74. The van der Waals surface area contributed by atoms with Crippen molar-refractivity contribution in [2.45, 2.75) is 32.3 Å². The number of piperidine rings is 1. The molecule has 2 aliphatic heterocycles. The summed E-state index contributed by atoms with van der Waals surface area (Å²) in [6, 6.07) is 0.124. The third-order valence-corrected chi connectivity index (χ3v) is 3.49. The van der Waals surface area contributed by atoms with Gasteiger partial charge in [0.2, 0.25) is 0 Å². The van der Waals surface area contributed by atoms with Gasteiger partial charge in [0.1, 0.15) is 0 Å². The van der Waals surface area contributed by atoms with Gasteiger partial charge in [-0.2, -0.15) is 0 Å². The highest BCUT2D eigenvalue weighted by Gasteiger charge is 2.29. The van der Waals surface area contributed by atoms with E-state index in [0.29, 0.717) is 13.1 Å². The molecule has 0 aromatic heterocycles. The molecule has 2 saturated heterocycles. The van der Waals surface area contributed by atoms with Gasteiger partial charge in [-0.05, 0) is 25.2 Å². The van der Waals surface area contributed by atoms with Crippen LogP contribution in [0.2, 0.25) is 0 Å². The molecule has 1 atom stereocenters. The second-order valence-electron chi connectivity index (χ2n) is 4.84. The molecular formula is C11H20N2O2. The molecule has 2 fully saturated rings. The summed E-state index contributed by atoms with van der Waals surface area (Å²) in [4.78, 5) is 15.7. The van der Waals surface area contributed by atoms with Crippen LogP contribution in [0.4, 0.5) is 4.79 Å². The lowest BCUT2D eigenvalue weighted by atomic mass is 10.00. The zero-order chi connectivity index (χ0) is 10.8.